The van der Waals surface area contributed by atoms with Crippen LogP contribution in [0.3, 0.4) is 0 Å². The summed E-state index contributed by atoms with van der Waals surface area (Å²) in [5, 5.41) is 13.1. The topological polar surface area (TPSA) is 88.0 Å². The first-order valence-electron chi connectivity index (χ1n) is 6.08. The van der Waals surface area contributed by atoms with Crippen molar-refractivity contribution in [3.05, 3.63) is 23.8 Å². The van der Waals surface area contributed by atoms with E-state index in [0.717, 1.165) is 6.42 Å². The third-order valence-electron chi connectivity index (χ3n) is 3.22. The minimum atomic E-state index is -3.85. The van der Waals surface area contributed by atoms with E-state index < -0.39 is 13.4 Å². The van der Waals surface area contributed by atoms with Gasteiger partial charge in [-0.25, -0.2) is 0 Å². The number of rotatable bonds is 3. The molecule has 1 aliphatic heterocycles. The minimum Gasteiger partial charge on any atom is -0.504 e. The van der Waals surface area contributed by atoms with Crippen LogP contribution in [-0.4, -0.2) is 29.8 Å². The van der Waals surface area contributed by atoms with Gasteiger partial charge in [0, 0.05) is 11.6 Å². The van der Waals surface area contributed by atoms with Crippen LogP contribution < -0.4 is 10.1 Å². The van der Waals surface area contributed by atoms with Crippen molar-refractivity contribution in [2.24, 2.45) is 0 Å². The number of ether oxygens (including phenoxy) is 1. The smallest absolute Gasteiger partial charge is 0.349 e. The molecular formula is C12H18NO5P. The summed E-state index contributed by atoms with van der Waals surface area (Å²) in [5.74, 6) is -0.823. The lowest BCUT2D eigenvalue weighted by Crippen LogP contribution is -2.40. The van der Waals surface area contributed by atoms with Gasteiger partial charge in [0.25, 0.3) is 0 Å². The number of aromatic hydroxyl groups is 1. The molecule has 0 bridgehead atoms. The summed E-state index contributed by atoms with van der Waals surface area (Å²) in [6.45, 7) is 2.14. The molecule has 2 rings (SSSR count). The quantitative estimate of drug-likeness (QED) is 0.737. The Morgan fingerprint density at radius 1 is 1.58 bits per heavy atom. The van der Waals surface area contributed by atoms with Gasteiger partial charge in [-0.2, -0.15) is 0 Å². The molecule has 0 amide bonds. The molecular weight excluding hydrogens is 269 g/mol. The Hall–Kier alpha value is -1.07. The number of nitrogens with one attached hydrogen (secondary N) is 1. The van der Waals surface area contributed by atoms with Gasteiger partial charge in [0.05, 0.1) is 13.7 Å². The van der Waals surface area contributed by atoms with Gasteiger partial charge >= 0.3 is 7.60 Å². The van der Waals surface area contributed by atoms with Crippen LogP contribution in [0, 0.1) is 0 Å². The van der Waals surface area contributed by atoms with Gasteiger partial charge in [-0.3, -0.25) is 9.88 Å². The second-order valence-electron chi connectivity index (χ2n) is 4.43. The van der Waals surface area contributed by atoms with E-state index in [1.54, 1.807) is 18.2 Å². The van der Waals surface area contributed by atoms with Gasteiger partial charge < -0.3 is 19.3 Å². The highest BCUT2D eigenvalue weighted by molar-refractivity contribution is 7.53. The molecule has 0 spiro atoms. The van der Waals surface area contributed by atoms with E-state index >= 15 is 0 Å². The molecule has 19 heavy (non-hydrogen) atoms. The van der Waals surface area contributed by atoms with E-state index in [0.29, 0.717) is 5.56 Å². The molecule has 3 N–H and O–H groups in total. The molecule has 106 valence electrons. The lowest BCUT2D eigenvalue weighted by atomic mass is 10.1. The summed E-state index contributed by atoms with van der Waals surface area (Å²) < 4.78 is 22.2. The minimum absolute atomic E-state index is 0.0233. The first kappa shape index (κ1) is 14.3. The van der Waals surface area contributed by atoms with Crippen molar-refractivity contribution in [2.45, 2.75) is 25.2 Å². The summed E-state index contributed by atoms with van der Waals surface area (Å²) >= 11 is 0. The molecule has 6 nitrogen and oxygen atoms in total. The summed E-state index contributed by atoms with van der Waals surface area (Å²) in [7, 11) is -2.43. The Morgan fingerprint density at radius 2 is 2.32 bits per heavy atom. The maximum Gasteiger partial charge on any atom is 0.349 e. The first-order valence-corrected chi connectivity index (χ1v) is 7.73. The van der Waals surface area contributed by atoms with Gasteiger partial charge in [-0.05, 0) is 12.5 Å². The maximum absolute atomic E-state index is 12.1. The Labute approximate surface area is 111 Å². The van der Waals surface area contributed by atoms with Crippen molar-refractivity contribution in [3.8, 4) is 11.5 Å². The molecule has 3 atom stereocenters. The number of hydrogen-bond acceptors (Lipinski definition) is 5. The SMILES string of the molecule is CC[C@@H]1COP(=O)(O)[C@H](c2cccc(OC)c2O)N1. The number of phenolic OH excluding ortho intramolecular Hbond substituents is 1. The second kappa shape index (κ2) is 5.51. The Morgan fingerprint density at radius 3 is 2.95 bits per heavy atom. The third-order valence-corrected chi connectivity index (χ3v) is 4.82. The van der Waals surface area contributed by atoms with Crippen LogP contribution in [0.2, 0.25) is 0 Å². The first-order chi connectivity index (χ1) is 8.99. The fourth-order valence-electron chi connectivity index (χ4n) is 2.06. The molecule has 0 radical (unpaired) electrons. The molecule has 1 saturated heterocycles. The van der Waals surface area contributed by atoms with Crippen molar-refractivity contribution in [1.29, 1.82) is 0 Å². The standard InChI is InChI=1S/C12H18NO5P/c1-3-8-7-18-19(15,16)12(13-8)9-5-4-6-10(17-2)11(9)14/h4-6,8,12-14H,3,7H2,1-2H3,(H,15,16)/t8-,12-/m1/s1. The van der Waals surface area contributed by atoms with Gasteiger partial charge in [-0.15, -0.1) is 0 Å². The highest BCUT2D eigenvalue weighted by Gasteiger charge is 2.41. The Kier molecular flexibility index (Phi) is 4.16. The highest BCUT2D eigenvalue weighted by atomic mass is 31.2. The number of phenols is 1. The molecule has 1 unspecified atom stereocenters. The van der Waals surface area contributed by atoms with Crippen LogP contribution in [0.4, 0.5) is 0 Å². The van der Waals surface area contributed by atoms with Crippen LogP contribution in [0.5, 0.6) is 11.5 Å². The van der Waals surface area contributed by atoms with Crippen molar-refractivity contribution < 1.29 is 23.8 Å². The number of hydrogen-bond donors (Lipinski definition) is 3. The van der Waals surface area contributed by atoms with Crippen LogP contribution in [0.15, 0.2) is 18.2 Å². The van der Waals surface area contributed by atoms with E-state index in [4.69, 9.17) is 9.26 Å². The lowest BCUT2D eigenvalue weighted by Gasteiger charge is -2.34. The van der Waals surface area contributed by atoms with E-state index in [2.05, 4.69) is 5.32 Å². The largest absolute Gasteiger partial charge is 0.504 e. The number of para-hydroxylation sites is 1. The molecule has 0 aromatic heterocycles. The van der Waals surface area contributed by atoms with E-state index in [-0.39, 0.29) is 24.1 Å². The Bertz CT molecular complexity index is 507. The normalized spacial score (nSPS) is 31.1. The van der Waals surface area contributed by atoms with Gasteiger partial charge in [0.15, 0.2) is 11.5 Å². The second-order valence-corrected chi connectivity index (χ2v) is 6.34. The molecule has 7 heteroatoms. The van der Waals surface area contributed by atoms with Crippen LogP contribution in [0.25, 0.3) is 0 Å². The van der Waals surface area contributed by atoms with Crippen molar-refractivity contribution in [1.82, 2.24) is 5.32 Å². The average molecular weight is 287 g/mol. The lowest BCUT2D eigenvalue weighted by molar-refractivity contribution is 0.177. The summed E-state index contributed by atoms with van der Waals surface area (Å²) in [6.07, 6.45) is 0.765. The molecule has 1 aliphatic rings. The fourth-order valence-corrected chi connectivity index (χ4v) is 3.56. The zero-order chi connectivity index (χ0) is 14.0. The highest BCUT2D eigenvalue weighted by Crippen LogP contribution is 2.59. The molecule has 0 saturated carbocycles. The van der Waals surface area contributed by atoms with Crippen LogP contribution in [-0.2, 0) is 9.09 Å². The number of methoxy groups -OCH3 is 1. The van der Waals surface area contributed by atoms with E-state index in [1.165, 1.54) is 7.11 Å². The third kappa shape index (κ3) is 2.77. The molecule has 0 aliphatic carbocycles. The zero-order valence-corrected chi connectivity index (χ0v) is 11.8. The monoisotopic (exact) mass is 287 g/mol. The zero-order valence-electron chi connectivity index (χ0n) is 10.9. The van der Waals surface area contributed by atoms with Crippen molar-refractivity contribution in [2.75, 3.05) is 13.7 Å². The molecule has 1 aromatic carbocycles. The van der Waals surface area contributed by atoms with Crippen LogP contribution >= 0.6 is 7.60 Å². The number of benzene rings is 1. The fraction of sp³-hybridized carbons (Fsp3) is 0.500. The van der Waals surface area contributed by atoms with Gasteiger partial charge in [0.2, 0.25) is 0 Å². The summed E-state index contributed by atoms with van der Waals surface area (Å²) in [4.78, 5) is 9.91. The maximum atomic E-state index is 12.1. The van der Waals surface area contributed by atoms with E-state index in [9.17, 15) is 14.6 Å². The van der Waals surface area contributed by atoms with E-state index in [1.807, 2.05) is 6.92 Å². The predicted molar refractivity (Wildman–Crippen MR) is 70.4 cm³/mol. The van der Waals surface area contributed by atoms with Crippen LogP contribution in [0.1, 0.15) is 24.7 Å². The molecule has 1 heterocycles. The van der Waals surface area contributed by atoms with Gasteiger partial charge in [-0.1, -0.05) is 19.1 Å². The molecule has 1 aromatic rings. The molecule has 1 fully saturated rings. The van der Waals surface area contributed by atoms with Crippen molar-refractivity contribution >= 4 is 7.60 Å². The van der Waals surface area contributed by atoms with Crippen molar-refractivity contribution in [3.63, 3.8) is 0 Å². The average Bonchev–Trinajstić information content (AvgIpc) is 2.39. The summed E-state index contributed by atoms with van der Waals surface area (Å²) in [5.41, 5.74) is 0.309. The Balaban J connectivity index is 2.40. The van der Waals surface area contributed by atoms with Gasteiger partial charge in [0.1, 0.15) is 5.78 Å². The summed E-state index contributed by atoms with van der Waals surface area (Å²) in [6, 6.07) is 4.80. The predicted octanol–water partition coefficient (Wildman–Crippen LogP) is 1.98.